The Bertz CT molecular complexity index is 1390. The molecule has 5 rings (SSSR count). The standard InChI is InChI=1S/C36H43N2O6P/c1-7-22-41-34(25-44-45-38(27(2)3)28(4)35(26-37-35)21-23-43-45)24-42-36(29-11-9-8-10-12-29,30-13-17-32(39-5)18-14-30)31-15-19-33(40-6)20-16-31/h1,8-20,26-28,34H,21-25H2,2-6H3. The number of nitrogens with zero attached hydrogens (tertiary/aromatic N) is 2. The second kappa shape index (κ2) is 14.9. The Morgan fingerprint density at radius 2 is 1.53 bits per heavy atom. The summed E-state index contributed by atoms with van der Waals surface area (Å²) >= 11 is 0. The van der Waals surface area contributed by atoms with Gasteiger partial charge < -0.3 is 28.0 Å². The molecule has 1 saturated heterocycles. The minimum absolute atomic E-state index is 0.126. The summed E-state index contributed by atoms with van der Waals surface area (Å²) in [5.41, 5.74) is 1.68. The van der Waals surface area contributed by atoms with E-state index in [2.05, 4.69) is 48.5 Å². The van der Waals surface area contributed by atoms with E-state index in [0.29, 0.717) is 6.61 Å². The van der Waals surface area contributed by atoms with Gasteiger partial charge in [-0.1, -0.05) is 60.5 Å². The van der Waals surface area contributed by atoms with E-state index >= 15 is 0 Å². The first-order valence-electron chi connectivity index (χ1n) is 15.3. The van der Waals surface area contributed by atoms with E-state index < -0.39 is 20.2 Å². The number of hydrogen-bond donors (Lipinski definition) is 0. The maximum atomic E-state index is 7.07. The van der Waals surface area contributed by atoms with Gasteiger partial charge in [0.1, 0.15) is 35.3 Å². The Labute approximate surface area is 268 Å². The van der Waals surface area contributed by atoms with Gasteiger partial charge in [0.15, 0.2) is 0 Å². The van der Waals surface area contributed by atoms with Crippen molar-refractivity contribution < 1.29 is 28.0 Å². The Kier molecular flexibility index (Phi) is 10.9. The number of hydrogen-bond acceptors (Lipinski definition) is 8. The predicted octanol–water partition coefficient (Wildman–Crippen LogP) is 6.62. The summed E-state index contributed by atoms with van der Waals surface area (Å²) in [4.78, 5) is 4.63. The third kappa shape index (κ3) is 7.26. The zero-order valence-corrected chi connectivity index (χ0v) is 27.6. The van der Waals surface area contributed by atoms with Crippen LogP contribution in [0.3, 0.4) is 0 Å². The van der Waals surface area contributed by atoms with Crippen LogP contribution >= 0.6 is 8.53 Å². The third-order valence-electron chi connectivity index (χ3n) is 8.44. The third-order valence-corrected chi connectivity index (χ3v) is 10.4. The molecule has 45 heavy (non-hydrogen) atoms. The van der Waals surface area contributed by atoms with E-state index in [1.54, 1.807) is 14.2 Å². The van der Waals surface area contributed by atoms with Crippen molar-refractivity contribution in [2.45, 2.75) is 56.5 Å². The van der Waals surface area contributed by atoms with Gasteiger partial charge in [-0.2, -0.15) is 0 Å². The highest BCUT2D eigenvalue weighted by Gasteiger charge is 2.50. The molecule has 0 radical (unpaired) electrons. The van der Waals surface area contributed by atoms with Gasteiger partial charge >= 0.3 is 0 Å². The fourth-order valence-corrected chi connectivity index (χ4v) is 7.59. The van der Waals surface area contributed by atoms with Gasteiger partial charge in [0, 0.05) is 24.7 Å². The van der Waals surface area contributed by atoms with Crippen LogP contribution < -0.4 is 9.47 Å². The summed E-state index contributed by atoms with van der Waals surface area (Å²) in [6, 6.07) is 26.5. The lowest BCUT2D eigenvalue weighted by Crippen LogP contribution is -2.44. The predicted molar refractivity (Wildman–Crippen MR) is 178 cm³/mol. The van der Waals surface area contributed by atoms with Crippen LogP contribution in [0.4, 0.5) is 0 Å². The summed E-state index contributed by atoms with van der Waals surface area (Å²) in [6.45, 7) is 7.67. The number of terminal acetylenes is 1. The molecule has 2 aliphatic rings. The highest BCUT2D eigenvalue weighted by atomic mass is 31.2. The summed E-state index contributed by atoms with van der Waals surface area (Å²) in [6.07, 6.45) is 8.07. The number of rotatable bonds is 14. The van der Waals surface area contributed by atoms with Crippen LogP contribution in [-0.2, 0) is 24.1 Å². The van der Waals surface area contributed by atoms with Crippen LogP contribution in [-0.4, -0.2) is 75.3 Å². The molecule has 9 heteroatoms. The molecule has 3 aromatic carbocycles. The summed E-state index contributed by atoms with van der Waals surface area (Å²) in [7, 11) is 1.97. The summed E-state index contributed by atoms with van der Waals surface area (Å²) < 4.78 is 39.3. The maximum absolute atomic E-state index is 7.07. The average molecular weight is 631 g/mol. The van der Waals surface area contributed by atoms with Crippen LogP contribution in [0.5, 0.6) is 11.5 Å². The monoisotopic (exact) mass is 630 g/mol. The number of aliphatic imine (C=N–C) groups is 1. The first-order valence-corrected chi connectivity index (χ1v) is 16.4. The first kappa shape index (κ1) is 33.1. The minimum atomic E-state index is -1.35. The fraction of sp³-hybridized carbons (Fsp3) is 0.417. The van der Waals surface area contributed by atoms with E-state index in [1.807, 2.05) is 72.9 Å². The molecule has 2 heterocycles. The van der Waals surface area contributed by atoms with Crippen molar-refractivity contribution in [2.75, 3.05) is 40.6 Å². The smallest absolute Gasteiger partial charge is 0.259 e. The SMILES string of the molecule is C#CCOC(COP1OCCC2(C=N2)C(C)N1C(C)C)COC(c1ccccc1)(c1ccc(OC)cc1)c1ccc(OC)cc1. The van der Waals surface area contributed by atoms with Crippen molar-refractivity contribution in [1.82, 2.24) is 4.67 Å². The van der Waals surface area contributed by atoms with Crippen molar-refractivity contribution in [3.8, 4) is 23.8 Å². The molecular formula is C36H43N2O6P. The maximum Gasteiger partial charge on any atom is 0.259 e. The van der Waals surface area contributed by atoms with Gasteiger partial charge in [-0.25, -0.2) is 4.67 Å². The van der Waals surface area contributed by atoms with E-state index in [4.69, 9.17) is 34.4 Å². The highest BCUT2D eigenvalue weighted by Crippen LogP contribution is 2.53. The normalized spacial score (nSPS) is 22.2. The Morgan fingerprint density at radius 1 is 0.956 bits per heavy atom. The lowest BCUT2D eigenvalue weighted by Gasteiger charge is -2.38. The van der Waals surface area contributed by atoms with Crippen molar-refractivity contribution in [2.24, 2.45) is 4.99 Å². The Balaban J connectivity index is 1.46. The molecule has 0 aliphatic carbocycles. The van der Waals surface area contributed by atoms with Crippen molar-refractivity contribution in [1.29, 1.82) is 0 Å². The van der Waals surface area contributed by atoms with Crippen LogP contribution in [0.1, 0.15) is 43.9 Å². The molecule has 0 N–H and O–H groups in total. The second-order valence-electron chi connectivity index (χ2n) is 11.5. The number of benzene rings is 3. The number of ether oxygens (including phenoxy) is 4. The quantitative estimate of drug-likeness (QED) is 0.113. The molecule has 0 amide bonds. The lowest BCUT2D eigenvalue weighted by atomic mass is 9.80. The minimum Gasteiger partial charge on any atom is -0.497 e. The molecule has 0 aromatic heterocycles. The molecule has 1 spiro atoms. The topological polar surface area (TPSA) is 71.0 Å². The van der Waals surface area contributed by atoms with E-state index in [-0.39, 0.29) is 37.4 Å². The zero-order chi connectivity index (χ0) is 31.9. The molecule has 2 aliphatic heterocycles. The van der Waals surface area contributed by atoms with E-state index in [9.17, 15) is 0 Å². The van der Waals surface area contributed by atoms with Crippen LogP contribution in [0.15, 0.2) is 83.9 Å². The molecule has 8 nitrogen and oxygen atoms in total. The van der Waals surface area contributed by atoms with E-state index in [0.717, 1.165) is 34.6 Å². The van der Waals surface area contributed by atoms with Gasteiger partial charge in [0.05, 0.1) is 34.0 Å². The van der Waals surface area contributed by atoms with Crippen LogP contribution in [0, 0.1) is 12.3 Å². The van der Waals surface area contributed by atoms with Crippen molar-refractivity contribution in [3.05, 3.63) is 95.6 Å². The van der Waals surface area contributed by atoms with E-state index in [1.165, 1.54) is 0 Å². The zero-order valence-electron chi connectivity index (χ0n) is 26.7. The molecule has 238 valence electrons. The molecule has 0 saturated carbocycles. The van der Waals surface area contributed by atoms with Gasteiger partial charge in [-0.05, 0) is 61.7 Å². The molecule has 4 atom stereocenters. The Hall–Kier alpha value is -3.28. The fourth-order valence-electron chi connectivity index (χ4n) is 5.85. The lowest BCUT2D eigenvalue weighted by molar-refractivity contribution is -0.0716. The highest BCUT2D eigenvalue weighted by molar-refractivity contribution is 7.44. The molecule has 1 fully saturated rings. The van der Waals surface area contributed by atoms with Gasteiger partial charge in [0.2, 0.25) is 0 Å². The summed E-state index contributed by atoms with van der Waals surface area (Å²) in [5.74, 6) is 4.12. The molecule has 4 unspecified atom stereocenters. The van der Waals surface area contributed by atoms with Crippen molar-refractivity contribution in [3.63, 3.8) is 0 Å². The number of methoxy groups -OCH3 is 2. The average Bonchev–Trinajstić information content (AvgIpc) is 3.88. The first-order chi connectivity index (χ1) is 21.9. The molecule has 0 bridgehead atoms. The largest absolute Gasteiger partial charge is 0.497 e. The van der Waals surface area contributed by atoms with Crippen molar-refractivity contribution >= 4 is 14.7 Å². The molecular weight excluding hydrogens is 587 g/mol. The molecule has 3 aromatic rings. The van der Waals surface area contributed by atoms with Gasteiger partial charge in [-0.15, -0.1) is 6.42 Å². The van der Waals surface area contributed by atoms with Crippen LogP contribution in [0.2, 0.25) is 0 Å². The van der Waals surface area contributed by atoms with Crippen LogP contribution in [0.25, 0.3) is 0 Å². The Morgan fingerprint density at radius 3 is 2.04 bits per heavy atom. The van der Waals surface area contributed by atoms with Gasteiger partial charge in [-0.3, -0.25) is 4.99 Å². The summed E-state index contributed by atoms with van der Waals surface area (Å²) in [5, 5.41) is 0. The van der Waals surface area contributed by atoms with Gasteiger partial charge in [0.25, 0.3) is 8.53 Å². The second-order valence-corrected chi connectivity index (χ2v) is 12.9.